The summed E-state index contributed by atoms with van der Waals surface area (Å²) in [5.74, 6) is 0. The number of rotatable bonds is 7. The Bertz CT molecular complexity index is 754. The van der Waals surface area contributed by atoms with Gasteiger partial charge < -0.3 is 0 Å². The minimum absolute atomic E-state index is 0.815. The largest absolute Gasteiger partial charge is 0.291 e. The number of aromatic nitrogens is 3. The van der Waals surface area contributed by atoms with Crippen molar-refractivity contribution in [3.63, 3.8) is 0 Å². The zero-order valence-electron chi connectivity index (χ0n) is 14.9. The first-order chi connectivity index (χ1) is 12.2. The van der Waals surface area contributed by atoms with E-state index in [9.17, 15) is 0 Å². The monoisotopic (exact) mass is 332 g/mol. The smallest absolute Gasteiger partial charge is 0.0573 e. The Morgan fingerprint density at radius 1 is 0.720 bits per heavy atom. The first kappa shape index (κ1) is 17.2. The topological polar surface area (TPSA) is 41.9 Å². The molecule has 3 heterocycles. The van der Waals surface area contributed by atoms with Crippen LogP contribution in [0.15, 0.2) is 61.1 Å². The Morgan fingerprint density at radius 2 is 1.32 bits per heavy atom. The van der Waals surface area contributed by atoms with Gasteiger partial charge in [-0.2, -0.15) is 0 Å². The lowest BCUT2D eigenvalue weighted by Crippen LogP contribution is -2.27. The Labute approximate surface area is 149 Å². The van der Waals surface area contributed by atoms with Gasteiger partial charge in [-0.1, -0.05) is 18.2 Å². The number of nitrogens with zero attached hydrogens (tertiary/aromatic N) is 4. The molecule has 0 bridgehead atoms. The zero-order valence-corrected chi connectivity index (χ0v) is 14.9. The molecule has 0 aliphatic carbocycles. The highest BCUT2D eigenvalue weighted by Gasteiger charge is 2.12. The van der Waals surface area contributed by atoms with Crippen molar-refractivity contribution in [2.45, 2.75) is 33.4 Å². The predicted octanol–water partition coefficient (Wildman–Crippen LogP) is 3.73. The van der Waals surface area contributed by atoms with Gasteiger partial charge in [0.1, 0.15) is 0 Å². The first-order valence-corrected chi connectivity index (χ1v) is 8.65. The molecule has 0 aliphatic rings. The number of aryl methyl sites for hydroxylation is 2. The summed E-state index contributed by atoms with van der Waals surface area (Å²) in [4.78, 5) is 16.0. The summed E-state index contributed by atoms with van der Waals surface area (Å²) in [5, 5.41) is 0. The van der Waals surface area contributed by atoms with Crippen molar-refractivity contribution in [2.24, 2.45) is 0 Å². The van der Waals surface area contributed by atoms with Gasteiger partial charge >= 0.3 is 0 Å². The first-order valence-electron chi connectivity index (χ1n) is 8.65. The van der Waals surface area contributed by atoms with Gasteiger partial charge in [0.2, 0.25) is 0 Å². The molecule has 0 aliphatic heterocycles. The van der Waals surface area contributed by atoms with Gasteiger partial charge in [-0.05, 0) is 49.2 Å². The molecule has 0 N–H and O–H groups in total. The third-order valence-corrected chi connectivity index (χ3v) is 4.39. The van der Waals surface area contributed by atoms with Gasteiger partial charge in [-0.15, -0.1) is 0 Å². The lowest BCUT2D eigenvalue weighted by molar-refractivity contribution is 0.252. The molecule has 0 atom stereocenters. The van der Waals surface area contributed by atoms with E-state index >= 15 is 0 Å². The second-order valence-electron chi connectivity index (χ2n) is 6.32. The van der Waals surface area contributed by atoms with Gasteiger partial charge in [0, 0.05) is 50.3 Å². The Morgan fingerprint density at radius 3 is 1.84 bits per heavy atom. The van der Waals surface area contributed by atoms with E-state index in [2.05, 4.69) is 51.9 Å². The average Bonchev–Trinajstić information content (AvgIpc) is 2.64. The van der Waals surface area contributed by atoms with Gasteiger partial charge in [0.05, 0.1) is 11.4 Å². The van der Waals surface area contributed by atoms with E-state index in [1.165, 1.54) is 11.1 Å². The van der Waals surface area contributed by atoms with E-state index in [4.69, 9.17) is 0 Å². The summed E-state index contributed by atoms with van der Waals surface area (Å²) < 4.78 is 0. The van der Waals surface area contributed by atoms with Crippen LogP contribution >= 0.6 is 0 Å². The van der Waals surface area contributed by atoms with E-state index in [0.717, 1.165) is 43.1 Å². The van der Waals surface area contributed by atoms with Crippen molar-refractivity contribution in [3.8, 4) is 0 Å². The Kier molecular flexibility index (Phi) is 5.86. The van der Waals surface area contributed by atoms with Gasteiger partial charge in [0.15, 0.2) is 0 Å². The average molecular weight is 332 g/mol. The molecule has 0 saturated carbocycles. The summed E-state index contributed by atoms with van der Waals surface area (Å²) in [6.45, 7) is 6.78. The van der Waals surface area contributed by atoms with Crippen LogP contribution in [0.3, 0.4) is 0 Å². The van der Waals surface area contributed by atoms with Gasteiger partial charge in [0.25, 0.3) is 0 Å². The van der Waals surface area contributed by atoms with Crippen molar-refractivity contribution in [2.75, 3.05) is 6.54 Å². The molecule has 3 aromatic heterocycles. The molecule has 128 valence electrons. The lowest BCUT2D eigenvalue weighted by atomic mass is 10.1. The van der Waals surface area contributed by atoms with E-state index in [1.807, 2.05) is 42.9 Å². The highest BCUT2D eigenvalue weighted by Crippen LogP contribution is 2.13. The molecule has 0 unspecified atom stereocenters. The van der Waals surface area contributed by atoms with E-state index in [-0.39, 0.29) is 0 Å². The van der Waals surface area contributed by atoms with Crippen molar-refractivity contribution < 1.29 is 0 Å². The maximum absolute atomic E-state index is 4.56. The third kappa shape index (κ3) is 4.94. The van der Waals surface area contributed by atoms with Gasteiger partial charge in [-0.25, -0.2) is 0 Å². The molecule has 4 nitrogen and oxygen atoms in total. The van der Waals surface area contributed by atoms with Crippen LogP contribution in [0.1, 0.15) is 28.2 Å². The summed E-state index contributed by atoms with van der Waals surface area (Å²) in [5.41, 5.74) is 5.81. The molecule has 0 saturated heterocycles. The summed E-state index contributed by atoms with van der Waals surface area (Å²) in [6.07, 6.45) is 6.50. The highest BCUT2D eigenvalue weighted by molar-refractivity contribution is 5.20. The van der Waals surface area contributed by atoms with Crippen LogP contribution < -0.4 is 0 Å². The van der Waals surface area contributed by atoms with Crippen molar-refractivity contribution in [1.29, 1.82) is 0 Å². The third-order valence-electron chi connectivity index (χ3n) is 4.39. The summed E-state index contributed by atoms with van der Waals surface area (Å²) >= 11 is 0. The maximum Gasteiger partial charge on any atom is 0.0573 e. The fraction of sp³-hybridized carbons (Fsp3) is 0.286. The minimum atomic E-state index is 0.815. The van der Waals surface area contributed by atoms with E-state index in [1.54, 1.807) is 0 Å². The van der Waals surface area contributed by atoms with Crippen LogP contribution in [0.5, 0.6) is 0 Å². The minimum Gasteiger partial charge on any atom is -0.291 e. The Balaban J connectivity index is 1.75. The summed E-state index contributed by atoms with van der Waals surface area (Å²) in [6, 6.07) is 14.3. The van der Waals surface area contributed by atoms with Crippen molar-refractivity contribution >= 4 is 0 Å². The Hall–Kier alpha value is -2.59. The van der Waals surface area contributed by atoms with Crippen LogP contribution in [-0.4, -0.2) is 26.4 Å². The SMILES string of the molecule is Cc1cccnc1CN(CCc1ccccn1)Cc1ncccc1C. The van der Waals surface area contributed by atoms with Crippen molar-refractivity contribution in [3.05, 3.63) is 89.3 Å². The predicted molar refractivity (Wildman–Crippen MR) is 100 cm³/mol. The standard InChI is InChI=1S/C21H24N4/c1-17-7-5-12-23-20(17)15-25(14-10-19-9-3-4-11-22-19)16-21-18(2)8-6-13-24-21/h3-9,11-13H,10,14-16H2,1-2H3. The molecule has 0 amide bonds. The normalized spacial score (nSPS) is 11.0. The summed E-state index contributed by atoms with van der Waals surface area (Å²) in [7, 11) is 0. The molecule has 3 rings (SSSR count). The molecule has 3 aromatic rings. The van der Waals surface area contributed by atoms with E-state index < -0.39 is 0 Å². The maximum atomic E-state index is 4.56. The fourth-order valence-corrected chi connectivity index (χ4v) is 2.82. The lowest BCUT2D eigenvalue weighted by Gasteiger charge is -2.23. The highest BCUT2D eigenvalue weighted by atomic mass is 15.1. The molecular formula is C21H24N4. The van der Waals surface area contributed by atoms with Gasteiger partial charge in [-0.3, -0.25) is 19.9 Å². The van der Waals surface area contributed by atoms with E-state index in [0.29, 0.717) is 0 Å². The van der Waals surface area contributed by atoms with Crippen molar-refractivity contribution in [1.82, 2.24) is 19.9 Å². The molecule has 0 radical (unpaired) electrons. The quantitative estimate of drug-likeness (QED) is 0.661. The fourth-order valence-electron chi connectivity index (χ4n) is 2.82. The number of hydrogen-bond donors (Lipinski definition) is 0. The molecule has 25 heavy (non-hydrogen) atoms. The second kappa shape index (κ2) is 8.49. The van der Waals surface area contributed by atoms with Crippen LogP contribution in [-0.2, 0) is 19.5 Å². The molecular weight excluding hydrogens is 308 g/mol. The van der Waals surface area contributed by atoms with Crippen LogP contribution in [0, 0.1) is 13.8 Å². The molecule has 0 spiro atoms. The number of hydrogen-bond acceptors (Lipinski definition) is 4. The molecule has 0 aromatic carbocycles. The number of pyridine rings is 3. The van der Waals surface area contributed by atoms with Crippen LogP contribution in [0.4, 0.5) is 0 Å². The molecule has 0 fully saturated rings. The second-order valence-corrected chi connectivity index (χ2v) is 6.32. The molecule has 4 heteroatoms. The zero-order chi connectivity index (χ0) is 17.5. The van der Waals surface area contributed by atoms with Crippen LogP contribution in [0.25, 0.3) is 0 Å². The van der Waals surface area contributed by atoms with Crippen LogP contribution in [0.2, 0.25) is 0 Å².